The van der Waals surface area contributed by atoms with Crippen molar-refractivity contribution in [3.05, 3.63) is 29.3 Å². The van der Waals surface area contributed by atoms with Gasteiger partial charge in [0.2, 0.25) is 0 Å². The van der Waals surface area contributed by atoms with Gasteiger partial charge in [-0.1, -0.05) is 6.92 Å². The molecule has 15 heavy (non-hydrogen) atoms. The second-order valence-corrected chi connectivity index (χ2v) is 3.44. The number of rotatable bonds is 4. The Labute approximate surface area is 90.4 Å². The van der Waals surface area contributed by atoms with Crippen molar-refractivity contribution in [3.63, 3.8) is 0 Å². The third-order valence-corrected chi connectivity index (χ3v) is 2.21. The minimum Gasteiger partial charge on any atom is -0.497 e. The van der Waals surface area contributed by atoms with Crippen LogP contribution in [0.1, 0.15) is 29.3 Å². The first-order chi connectivity index (χ1) is 7.19. The molecule has 0 aliphatic carbocycles. The van der Waals surface area contributed by atoms with Gasteiger partial charge in [-0.15, -0.1) is 0 Å². The molecule has 0 unspecified atom stereocenters. The number of amides is 1. The van der Waals surface area contributed by atoms with E-state index in [-0.39, 0.29) is 5.91 Å². The number of ether oxygens (including phenoxy) is 1. The van der Waals surface area contributed by atoms with Gasteiger partial charge in [0.15, 0.2) is 0 Å². The monoisotopic (exact) mass is 207 g/mol. The third-order valence-electron chi connectivity index (χ3n) is 2.21. The largest absolute Gasteiger partial charge is 0.497 e. The summed E-state index contributed by atoms with van der Waals surface area (Å²) >= 11 is 0. The van der Waals surface area contributed by atoms with Gasteiger partial charge in [0.25, 0.3) is 5.91 Å². The van der Waals surface area contributed by atoms with Gasteiger partial charge >= 0.3 is 0 Å². The number of carbonyl (C=O) groups excluding carboxylic acids is 1. The first-order valence-electron chi connectivity index (χ1n) is 5.12. The summed E-state index contributed by atoms with van der Waals surface area (Å²) in [7, 11) is 1.62. The predicted octanol–water partition coefficient (Wildman–Crippen LogP) is 2.14. The minimum absolute atomic E-state index is 0.0167. The van der Waals surface area contributed by atoms with E-state index in [9.17, 15) is 4.79 Å². The highest BCUT2D eigenvalue weighted by atomic mass is 16.5. The van der Waals surface area contributed by atoms with Gasteiger partial charge in [-0.3, -0.25) is 4.79 Å². The molecule has 0 saturated carbocycles. The summed E-state index contributed by atoms with van der Waals surface area (Å²) in [5.74, 6) is 0.761. The van der Waals surface area contributed by atoms with Crippen molar-refractivity contribution in [1.82, 2.24) is 5.32 Å². The summed E-state index contributed by atoms with van der Waals surface area (Å²) in [5, 5.41) is 2.85. The fraction of sp³-hybridized carbons (Fsp3) is 0.417. The second-order valence-electron chi connectivity index (χ2n) is 3.44. The number of aryl methyl sites for hydroxylation is 1. The van der Waals surface area contributed by atoms with E-state index < -0.39 is 0 Å². The second kappa shape index (κ2) is 5.39. The summed E-state index contributed by atoms with van der Waals surface area (Å²) in [6, 6.07) is 5.45. The number of carbonyl (C=O) groups is 1. The minimum atomic E-state index is -0.0167. The summed E-state index contributed by atoms with van der Waals surface area (Å²) in [6.07, 6.45) is 0.945. The fourth-order valence-corrected chi connectivity index (χ4v) is 1.35. The van der Waals surface area contributed by atoms with Crippen LogP contribution < -0.4 is 10.1 Å². The summed E-state index contributed by atoms with van der Waals surface area (Å²) in [5.41, 5.74) is 1.65. The molecule has 1 aromatic carbocycles. The van der Waals surface area contributed by atoms with Crippen molar-refractivity contribution in [3.8, 4) is 5.75 Å². The summed E-state index contributed by atoms with van der Waals surface area (Å²) in [6.45, 7) is 4.65. The molecule has 1 N–H and O–H groups in total. The molecule has 82 valence electrons. The lowest BCUT2D eigenvalue weighted by atomic mass is 10.1. The summed E-state index contributed by atoms with van der Waals surface area (Å²) < 4.78 is 5.08. The van der Waals surface area contributed by atoms with Crippen LogP contribution in [0.4, 0.5) is 0 Å². The number of benzene rings is 1. The Kier molecular flexibility index (Phi) is 4.16. The highest BCUT2D eigenvalue weighted by molar-refractivity contribution is 5.95. The summed E-state index contributed by atoms with van der Waals surface area (Å²) in [4.78, 5) is 11.7. The molecule has 1 amide bonds. The molecule has 0 aliphatic heterocycles. The van der Waals surface area contributed by atoms with Crippen LogP contribution in [0, 0.1) is 6.92 Å². The van der Waals surface area contributed by atoms with Crippen LogP contribution in [0.2, 0.25) is 0 Å². The quantitative estimate of drug-likeness (QED) is 0.821. The molecule has 0 heterocycles. The van der Waals surface area contributed by atoms with Crippen LogP contribution in [-0.2, 0) is 0 Å². The number of nitrogens with one attached hydrogen (secondary N) is 1. The maximum atomic E-state index is 11.7. The van der Waals surface area contributed by atoms with Gasteiger partial charge in [-0.2, -0.15) is 0 Å². The maximum absolute atomic E-state index is 11.7. The van der Waals surface area contributed by atoms with Crippen molar-refractivity contribution < 1.29 is 9.53 Å². The van der Waals surface area contributed by atoms with E-state index >= 15 is 0 Å². The first kappa shape index (κ1) is 11.6. The highest BCUT2D eigenvalue weighted by Crippen LogP contribution is 2.16. The Morgan fingerprint density at radius 3 is 2.73 bits per heavy atom. The van der Waals surface area contributed by atoms with E-state index in [0.29, 0.717) is 12.1 Å². The van der Waals surface area contributed by atoms with E-state index in [1.54, 1.807) is 19.2 Å². The van der Waals surface area contributed by atoms with Crippen LogP contribution in [0.15, 0.2) is 18.2 Å². The molecular weight excluding hydrogens is 190 g/mol. The van der Waals surface area contributed by atoms with Crippen molar-refractivity contribution in [2.24, 2.45) is 0 Å². The van der Waals surface area contributed by atoms with Gasteiger partial charge in [-0.25, -0.2) is 0 Å². The normalized spacial score (nSPS) is 9.80. The molecule has 0 spiro atoms. The predicted molar refractivity (Wildman–Crippen MR) is 60.4 cm³/mol. The molecule has 0 radical (unpaired) electrons. The maximum Gasteiger partial charge on any atom is 0.251 e. The average Bonchev–Trinajstić information content (AvgIpc) is 2.25. The third kappa shape index (κ3) is 2.98. The molecule has 3 heteroatoms. The van der Waals surface area contributed by atoms with Crippen LogP contribution >= 0.6 is 0 Å². The van der Waals surface area contributed by atoms with E-state index in [2.05, 4.69) is 5.32 Å². The zero-order valence-corrected chi connectivity index (χ0v) is 9.46. The molecule has 3 nitrogen and oxygen atoms in total. The van der Waals surface area contributed by atoms with Gasteiger partial charge in [0, 0.05) is 12.1 Å². The van der Waals surface area contributed by atoms with Crippen molar-refractivity contribution in [1.29, 1.82) is 0 Å². The lowest BCUT2D eigenvalue weighted by molar-refractivity contribution is 0.0953. The molecule has 0 bridgehead atoms. The van der Waals surface area contributed by atoms with E-state index in [0.717, 1.165) is 17.7 Å². The Hall–Kier alpha value is -1.51. The van der Waals surface area contributed by atoms with Gasteiger partial charge in [0.05, 0.1) is 7.11 Å². The molecule has 0 aliphatic rings. The molecule has 1 aromatic rings. The van der Waals surface area contributed by atoms with Crippen molar-refractivity contribution >= 4 is 5.91 Å². The molecule has 0 atom stereocenters. The molecule has 0 saturated heterocycles. The Morgan fingerprint density at radius 1 is 1.47 bits per heavy atom. The molecule has 0 fully saturated rings. The van der Waals surface area contributed by atoms with Crippen LogP contribution in [0.25, 0.3) is 0 Å². The van der Waals surface area contributed by atoms with E-state index in [1.165, 1.54) is 0 Å². The Balaban J connectivity index is 2.81. The SMILES string of the molecule is CCCNC(=O)c1ccc(OC)cc1C. The van der Waals surface area contributed by atoms with E-state index in [1.807, 2.05) is 19.9 Å². The van der Waals surface area contributed by atoms with Crippen LogP contribution in [-0.4, -0.2) is 19.6 Å². The van der Waals surface area contributed by atoms with Crippen molar-refractivity contribution in [2.45, 2.75) is 20.3 Å². The van der Waals surface area contributed by atoms with Crippen LogP contribution in [0.3, 0.4) is 0 Å². The van der Waals surface area contributed by atoms with Crippen LogP contribution in [0.5, 0.6) is 5.75 Å². The fourth-order valence-electron chi connectivity index (χ4n) is 1.35. The zero-order chi connectivity index (χ0) is 11.3. The Morgan fingerprint density at radius 2 is 2.20 bits per heavy atom. The zero-order valence-electron chi connectivity index (χ0n) is 9.46. The van der Waals surface area contributed by atoms with Crippen molar-refractivity contribution in [2.75, 3.05) is 13.7 Å². The van der Waals surface area contributed by atoms with Gasteiger partial charge < -0.3 is 10.1 Å². The smallest absolute Gasteiger partial charge is 0.251 e. The van der Waals surface area contributed by atoms with Gasteiger partial charge in [-0.05, 0) is 37.1 Å². The average molecular weight is 207 g/mol. The number of hydrogen-bond acceptors (Lipinski definition) is 2. The Bertz CT molecular complexity index is 347. The molecule has 1 rings (SSSR count). The standard InChI is InChI=1S/C12H17NO2/c1-4-7-13-12(14)11-6-5-10(15-3)8-9(11)2/h5-6,8H,4,7H2,1-3H3,(H,13,14). The topological polar surface area (TPSA) is 38.3 Å². The number of methoxy groups -OCH3 is 1. The van der Waals surface area contributed by atoms with Gasteiger partial charge in [0.1, 0.15) is 5.75 Å². The lowest BCUT2D eigenvalue weighted by Crippen LogP contribution is -2.24. The highest BCUT2D eigenvalue weighted by Gasteiger charge is 2.08. The number of hydrogen-bond donors (Lipinski definition) is 1. The van der Waals surface area contributed by atoms with E-state index in [4.69, 9.17) is 4.74 Å². The molecule has 0 aromatic heterocycles. The lowest BCUT2D eigenvalue weighted by Gasteiger charge is -2.08. The molecular formula is C12H17NO2. The first-order valence-corrected chi connectivity index (χ1v) is 5.12.